The summed E-state index contributed by atoms with van der Waals surface area (Å²) in [6.45, 7) is 4.03. The van der Waals surface area contributed by atoms with Gasteiger partial charge < -0.3 is 0 Å². The predicted molar refractivity (Wildman–Crippen MR) is 70.7 cm³/mol. The van der Waals surface area contributed by atoms with Crippen molar-refractivity contribution in [2.75, 3.05) is 6.54 Å². The molecule has 1 heterocycles. The smallest absolute Gasteiger partial charge is 0.216 e. The molecule has 0 amide bonds. The minimum atomic E-state index is -3.23. The first-order chi connectivity index (χ1) is 8.44. The van der Waals surface area contributed by atoms with Crippen molar-refractivity contribution in [1.82, 2.24) is 4.31 Å². The highest BCUT2D eigenvalue weighted by atomic mass is 32.2. The van der Waals surface area contributed by atoms with E-state index in [4.69, 9.17) is 0 Å². The predicted octanol–water partition coefficient (Wildman–Crippen LogP) is 1.95. The van der Waals surface area contributed by atoms with Crippen LogP contribution in [-0.4, -0.2) is 36.3 Å². The van der Waals surface area contributed by atoms with Gasteiger partial charge in [0.2, 0.25) is 10.0 Å². The maximum Gasteiger partial charge on any atom is 0.216 e. The Balaban J connectivity index is 2.24. The van der Waals surface area contributed by atoms with Crippen LogP contribution in [0.25, 0.3) is 0 Å². The van der Waals surface area contributed by atoms with E-state index in [0.717, 1.165) is 32.1 Å². The van der Waals surface area contributed by atoms with Crippen LogP contribution in [0, 0.1) is 5.92 Å². The molecule has 104 valence electrons. The lowest BCUT2D eigenvalue weighted by molar-refractivity contribution is -0.122. The van der Waals surface area contributed by atoms with Gasteiger partial charge in [0.25, 0.3) is 0 Å². The van der Waals surface area contributed by atoms with E-state index in [1.807, 2.05) is 0 Å². The van der Waals surface area contributed by atoms with E-state index in [0.29, 0.717) is 13.0 Å². The van der Waals surface area contributed by atoms with Crippen LogP contribution in [0.4, 0.5) is 0 Å². The highest BCUT2D eigenvalue weighted by Crippen LogP contribution is 2.34. The van der Waals surface area contributed by atoms with Crippen molar-refractivity contribution < 1.29 is 13.2 Å². The average Bonchev–Trinajstić information content (AvgIpc) is 2.75. The standard InChI is InChI=1S/C13H23NO3S/c1-10(2)18(16,17)14-9-4-3-7-12(14)11-6-5-8-13(11)15/h10-12H,3-9H2,1-2H3. The minimum absolute atomic E-state index is 0.0428. The number of carbonyl (C=O) groups excluding carboxylic acids is 1. The summed E-state index contributed by atoms with van der Waals surface area (Å²) in [5.41, 5.74) is 0. The maximum atomic E-state index is 12.4. The van der Waals surface area contributed by atoms with Crippen LogP contribution in [-0.2, 0) is 14.8 Å². The topological polar surface area (TPSA) is 54.5 Å². The fourth-order valence-corrected chi connectivity index (χ4v) is 4.72. The first-order valence-electron chi connectivity index (χ1n) is 6.98. The summed E-state index contributed by atoms with van der Waals surface area (Å²) < 4.78 is 26.4. The fraction of sp³-hybridized carbons (Fsp3) is 0.923. The van der Waals surface area contributed by atoms with Crippen molar-refractivity contribution in [3.8, 4) is 0 Å². The van der Waals surface area contributed by atoms with Crippen LogP contribution in [0.5, 0.6) is 0 Å². The molecule has 0 aromatic carbocycles. The molecule has 2 fully saturated rings. The highest BCUT2D eigenvalue weighted by Gasteiger charge is 2.42. The van der Waals surface area contributed by atoms with E-state index < -0.39 is 15.3 Å². The molecule has 1 aliphatic carbocycles. The molecule has 2 unspecified atom stereocenters. The zero-order chi connectivity index (χ0) is 13.3. The number of hydrogen-bond donors (Lipinski definition) is 0. The third-order valence-electron chi connectivity index (χ3n) is 4.24. The molecule has 1 saturated carbocycles. The molecular weight excluding hydrogens is 250 g/mol. The first kappa shape index (κ1) is 14.0. The van der Waals surface area contributed by atoms with E-state index in [2.05, 4.69) is 0 Å². The lowest BCUT2D eigenvalue weighted by Crippen LogP contribution is -2.50. The average molecular weight is 273 g/mol. The van der Waals surface area contributed by atoms with Gasteiger partial charge >= 0.3 is 0 Å². The molecule has 5 heteroatoms. The molecule has 0 N–H and O–H groups in total. The molecule has 1 aliphatic heterocycles. The van der Waals surface area contributed by atoms with Crippen LogP contribution in [0.3, 0.4) is 0 Å². The summed E-state index contributed by atoms with van der Waals surface area (Å²) in [6.07, 6.45) is 5.24. The Morgan fingerprint density at radius 3 is 2.44 bits per heavy atom. The van der Waals surface area contributed by atoms with Gasteiger partial charge in [-0.05, 0) is 39.5 Å². The molecule has 2 rings (SSSR count). The second-order valence-corrected chi connectivity index (χ2v) is 8.17. The molecule has 4 nitrogen and oxygen atoms in total. The van der Waals surface area contributed by atoms with E-state index >= 15 is 0 Å². The number of carbonyl (C=O) groups is 1. The van der Waals surface area contributed by atoms with Gasteiger partial charge in [0.1, 0.15) is 5.78 Å². The molecule has 2 aliphatic rings. The number of piperidine rings is 1. The van der Waals surface area contributed by atoms with E-state index in [9.17, 15) is 13.2 Å². The van der Waals surface area contributed by atoms with Crippen molar-refractivity contribution in [1.29, 1.82) is 0 Å². The van der Waals surface area contributed by atoms with Gasteiger partial charge in [0, 0.05) is 24.9 Å². The summed E-state index contributed by atoms with van der Waals surface area (Å²) in [5.74, 6) is 0.227. The van der Waals surface area contributed by atoms with Crippen molar-refractivity contribution in [3.05, 3.63) is 0 Å². The van der Waals surface area contributed by atoms with Crippen molar-refractivity contribution in [3.63, 3.8) is 0 Å². The van der Waals surface area contributed by atoms with Crippen LogP contribution in [0.2, 0.25) is 0 Å². The summed E-state index contributed by atoms with van der Waals surface area (Å²) in [5, 5.41) is -0.394. The van der Waals surface area contributed by atoms with Gasteiger partial charge in [0.05, 0.1) is 5.25 Å². The Bertz CT molecular complexity index is 416. The number of rotatable bonds is 3. The van der Waals surface area contributed by atoms with Crippen LogP contribution < -0.4 is 0 Å². The lowest BCUT2D eigenvalue weighted by Gasteiger charge is -2.38. The molecule has 18 heavy (non-hydrogen) atoms. The summed E-state index contributed by atoms with van der Waals surface area (Å²) in [7, 11) is -3.23. The SMILES string of the molecule is CC(C)S(=O)(=O)N1CCCCC1C1CCCC1=O. The second-order valence-electron chi connectivity index (χ2n) is 5.73. The molecule has 0 aromatic rings. The minimum Gasteiger partial charge on any atom is -0.299 e. The molecule has 0 radical (unpaired) electrons. The number of Topliss-reactive ketones (excluding diaryl/α,β-unsaturated/α-hetero) is 1. The molecule has 0 bridgehead atoms. The third-order valence-corrected chi connectivity index (χ3v) is 6.54. The Labute approximate surface area is 110 Å². The van der Waals surface area contributed by atoms with E-state index in [-0.39, 0.29) is 17.7 Å². The highest BCUT2D eigenvalue weighted by molar-refractivity contribution is 7.89. The zero-order valence-electron chi connectivity index (χ0n) is 11.3. The van der Waals surface area contributed by atoms with E-state index in [1.54, 1.807) is 18.2 Å². The van der Waals surface area contributed by atoms with E-state index in [1.165, 1.54) is 0 Å². The summed E-state index contributed by atoms with van der Waals surface area (Å²) in [6, 6.07) is -0.0684. The Morgan fingerprint density at radius 2 is 1.89 bits per heavy atom. The Kier molecular flexibility index (Phi) is 4.11. The largest absolute Gasteiger partial charge is 0.299 e. The van der Waals surface area contributed by atoms with Gasteiger partial charge in [-0.25, -0.2) is 8.42 Å². The molecular formula is C13H23NO3S. The third kappa shape index (κ3) is 2.48. The Hall–Kier alpha value is -0.420. The summed E-state index contributed by atoms with van der Waals surface area (Å²) in [4.78, 5) is 11.9. The van der Waals surface area contributed by atoms with Crippen LogP contribution in [0.15, 0.2) is 0 Å². The van der Waals surface area contributed by atoms with Gasteiger partial charge in [-0.2, -0.15) is 4.31 Å². The van der Waals surface area contributed by atoms with Crippen LogP contribution >= 0.6 is 0 Å². The number of ketones is 1. The fourth-order valence-electron chi connectivity index (χ4n) is 3.17. The monoisotopic (exact) mass is 273 g/mol. The number of hydrogen-bond acceptors (Lipinski definition) is 3. The molecule has 0 spiro atoms. The van der Waals surface area contributed by atoms with Crippen molar-refractivity contribution >= 4 is 15.8 Å². The first-order valence-corrected chi connectivity index (χ1v) is 8.48. The van der Waals surface area contributed by atoms with Gasteiger partial charge in [-0.15, -0.1) is 0 Å². The second kappa shape index (κ2) is 5.29. The van der Waals surface area contributed by atoms with Gasteiger partial charge in [-0.3, -0.25) is 4.79 Å². The quantitative estimate of drug-likeness (QED) is 0.789. The molecule has 0 aromatic heterocycles. The lowest BCUT2D eigenvalue weighted by atomic mass is 9.90. The maximum absolute atomic E-state index is 12.4. The van der Waals surface area contributed by atoms with Crippen molar-refractivity contribution in [2.45, 2.75) is 63.7 Å². The molecule has 2 atom stereocenters. The van der Waals surface area contributed by atoms with Gasteiger partial charge in [0.15, 0.2) is 0 Å². The summed E-state index contributed by atoms with van der Waals surface area (Å²) >= 11 is 0. The number of nitrogens with zero attached hydrogens (tertiary/aromatic N) is 1. The zero-order valence-corrected chi connectivity index (χ0v) is 12.1. The Morgan fingerprint density at radius 1 is 1.17 bits per heavy atom. The number of sulfonamides is 1. The van der Waals surface area contributed by atoms with Gasteiger partial charge in [-0.1, -0.05) is 6.42 Å². The normalized spacial score (nSPS) is 31.2. The van der Waals surface area contributed by atoms with Crippen molar-refractivity contribution in [2.24, 2.45) is 5.92 Å². The van der Waals surface area contributed by atoms with Crippen LogP contribution in [0.1, 0.15) is 52.4 Å². The molecule has 1 saturated heterocycles.